The molecule has 1 aromatic heterocycles. The molecule has 0 atom stereocenters. The Labute approximate surface area is 214 Å². The van der Waals surface area contributed by atoms with Gasteiger partial charge in [-0.1, -0.05) is 6.42 Å². The maximum atomic E-state index is 13.0. The Kier molecular flexibility index (Phi) is 7.96. The van der Waals surface area contributed by atoms with E-state index in [4.69, 9.17) is 9.47 Å². The van der Waals surface area contributed by atoms with Crippen LogP contribution in [0.5, 0.6) is 0 Å². The van der Waals surface area contributed by atoms with Crippen molar-refractivity contribution >= 4 is 44.3 Å². The molecule has 10 nitrogen and oxygen atoms in total. The van der Waals surface area contributed by atoms with Gasteiger partial charge in [0.1, 0.15) is 5.00 Å². The monoisotopic (exact) mass is 535 g/mol. The van der Waals surface area contributed by atoms with Crippen molar-refractivity contribution in [2.24, 2.45) is 0 Å². The maximum Gasteiger partial charge on any atom is 0.409 e. The number of methoxy groups -OCH3 is 1. The lowest BCUT2D eigenvalue weighted by atomic mass is 10.0. The number of ether oxygens (including phenoxy) is 2. The van der Waals surface area contributed by atoms with Crippen molar-refractivity contribution < 1.29 is 32.3 Å². The van der Waals surface area contributed by atoms with Crippen molar-refractivity contribution in [3.63, 3.8) is 0 Å². The first-order chi connectivity index (χ1) is 17.3. The predicted octanol–water partition coefficient (Wildman–Crippen LogP) is 3.48. The number of rotatable bonds is 6. The van der Waals surface area contributed by atoms with Crippen molar-refractivity contribution in [3.8, 4) is 0 Å². The van der Waals surface area contributed by atoms with Crippen LogP contribution in [-0.2, 0) is 32.5 Å². The van der Waals surface area contributed by atoms with Crippen LogP contribution in [0.25, 0.3) is 0 Å². The lowest BCUT2D eigenvalue weighted by molar-refractivity contribution is 0.0526. The number of hydrogen-bond acceptors (Lipinski definition) is 8. The number of carbonyl (C=O) groups is 3. The van der Waals surface area contributed by atoms with E-state index >= 15 is 0 Å². The topological polar surface area (TPSA) is 122 Å². The van der Waals surface area contributed by atoms with Crippen molar-refractivity contribution in [2.45, 2.75) is 44.0 Å². The number of sulfonamides is 1. The van der Waals surface area contributed by atoms with Gasteiger partial charge < -0.3 is 19.7 Å². The minimum Gasteiger partial charge on any atom is -0.462 e. The highest BCUT2D eigenvalue weighted by Gasteiger charge is 2.32. The average molecular weight is 536 g/mol. The molecule has 12 heteroatoms. The van der Waals surface area contributed by atoms with E-state index in [2.05, 4.69) is 5.32 Å². The summed E-state index contributed by atoms with van der Waals surface area (Å²) in [5, 5.41) is 3.12. The van der Waals surface area contributed by atoms with Crippen molar-refractivity contribution in [1.82, 2.24) is 9.21 Å². The second-order valence-electron chi connectivity index (χ2n) is 8.51. The number of piperidine rings is 1. The molecular formula is C24H29N3O7S2. The van der Waals surface area contributed by atoms with Gasteiger partial charge in [0.15, 0.2) is 0 Å². The Bertz CT molecular complexity index is 1250. The van der Waals surface area contributed by atoms with Gasteiger partial charge in [0.05, 0.1) is 30.7 Å². The van der Waals surface area contributed by atoms with Gasteiger partial charge in [-0.3, -0.25) is 4.79 Å². The summed E-state index contributed by atoms with van der Waals surface area (Å²) in [5.41, 5.74) is 1.29. The van der Waals surface area contributed by atoms with Crippen molar-refractivity contribution in [3.05, 3.63) is 45.8 Å². The average Bonchev–Trinajstić information content (AvgIpc) is 3.25. The van der Waals surface area contributed by atoms with Crippen LogP contribution in [0.1, 0.15) is 57.3 Å². The first-order valence-electron chi connectivity index (χ1n) is 11.8. The molecule has 4 rings (SSSR count). The van der Waals surface area contributed by atoms with Crippen LogP contribution in [0.15, 0.2) is 29.2 Å². The van der Waals surface area contributed by atoms with Gasteiger partial charge in [0.25, 0.3) is 5.91 Å². The fourth-order valence-corrected chi connectivity index (χ4v) is 7.17. The van der Waals surface area contributed by atoms with Gasteiger partial charge in [0.2, 0.25) is 10.0 Å². The fraction of sp³-hybridized carbons (Fsp3) is 0.458. The van der Waals surface area contributed by atoms with E-state index < -0.39 is 28.0 Å². The van der Waals surface area contributed by atoms with Crippen LogP contribution < -0.4 is 5.32 Å². The summed E-state index contributed by atoms with van der Waals surface area (Å²) in [5.74, 6) is -1.02. The van der Waals surface area contributed by atoms with Gasteiger partial charge in [-0.05, 0) is 56.0 Å². The summed E-state index contributed by atoms with van der Waals surface area (Å²) in [7, 11) is -2.29. The Morgan fingerprint density at radius 2 is 1.75 bits per heavy atom. The summed E-state index contributed by atoms with van der Waals surface area (Å²) < 4.78 is 37.3. The Morgan fingerprint density at radius 1 is 1.06 bits per heavy atom. The molecule has 0 radical (unpaired) electrons. The number of benzene rings is 1. The molecule has 0 saturated carbocycles. The largest absolute Gasteiger partial charge is 0.462 e. The number of fused-ring (bicyclic) bond motifs is 1. The number of nitrogens with one attached hydrogen (secondary N) is 1. The summed E-state index contributed by atoms with van der Waals surface area (Å²) in [4.78, 5) is 40.2. The summed E-state index contributed by atoms with van der Waals surface area (Å²) in [6.07, 6.45) is 2.66. The fourth-order valence-electron chi connectivity index (χ4n) is 4.40. The summed E-state index contributed by atoms with van der Waals surface area (Å²) >= 11 is 1.21. The Balaban J connectivity index is 1.56. The molecule has 194 valence electrons. The van der Waals surface area contributed by atoms with Crippen LogP contribution in [0.4, 0.5) is 9.80 Å². The van der Waals surface area contributed by atoms with Crippen LogP contribution in [0, 0.1) is 0 Å². The SMILES string of the molecule is CCOC(=O)c1c(NC(=O)c2ccc(S(=O)(=O)N3CCCCC3)cc2)sc2c1CCN(C(=O)OC)C2. The molecule has 2 amide bonds. The molecule has 2 aliphatic heterocycles. The zero-order chi connectivity index (χ0) is 25.9. The van der Waals surface area contributed by atoms with Crippen LogP contribution in [-0.4, -0.2) is 68.9 Å². The molecule has 36 heavy (non-hydrogen) atoms. The van der Waals surface area contributed by atoms with E-state index in [1.165, 1.54) is 51.9 Å². The second kappa shape index (κ2) is 11.0. The predicted molar refractivity (Wildman–Crippen MR) is 134 cm³/mol. The lowest BCUT2D eigenvalue weighted by Gasteiger charge is -2.25. The van der Waals surface area contributed by atoms with Gasteiger partial charge in [-0.2, -0.15) is 4.31 Å². The van der Waals surface area contributed by atoms with Gasteiger partial charge in [-0.15, -0.1) is 11.3 Å². The molecule has 0 aliphatic carbocycles. The number of hydrogen-bond donors (Lipinski definition) is 1. The lowest BCUT2D eigenvalue weighted by Crippen LogP contribution is -2.35. The quantitative estimate of drug-likeness (QED) is 0.562. The van der Waals surface area contributed by atoms with E-state index in [9.17, 15) is 22.8 Å². The highest BCUT2D eigenvalue weighted by Crippen LogP contribution is 2.38. The van der Waals surface area contributed by atoms with Crippen LogP contribution in [0.2, 0.25) is 0 Å². The number of thiophene rings is 1. The highest BCUT2D eigenvalue weighted by molar-refractivity contribution is 7.89. The molecule has 1 N–H and O–H groups in total. The van der Waals surface area contributed by atoms with Crippen molar-refractivity contribution in [2.75, 3.05) is 38.7 Å². The normalized spacial score (nSPS) is 16.2. The number of nitrogens with zero attached hydrogens (tertiary/aromatic N) is 2. The Hall–Kier alpha value is -2.96. The van der Waals surface area contributed by atoms with Gasteiger partial charge in [-0.25, -0.2) is 18.0 Å². The Morgan fingerprint density at radius 3 is 2.39 bits per heavy atom. The second-order valence-corrected chi connectivity index (χ2v) is 11.6. The van der Waals surface area contributed by atoms with Crippen LogP contribution >= 0.6 is 11.3 Å². The maximum absolute atomic E-state index is 13.0. The molecule has 0 unspecified atom stereocenters. The summed E-state index contributed by atoms with van der Waals surface area (Å²) in [6, 6.07) is 5.78. The zero-order valence-corrected chi connectivity index (χ0v) is 21.9. The molecule has 3 heterocycles. The van der Waals surface area contributed by atoms with E-state index in [1.54, 1.807) is 6.92 Å². The molecule has 2 aromatic rings. The molecule has 1 aromatic carbocycles. The first kappa shape index (κ1) is 26.1. The third kappa shape index (κ3) is 5.25. The number of carbonyl (C=O) groups excluding carboxylic acids is 3. The zero-order valence-electron chi connectivity index (χ0n) is 20.2. The van der Waals surface area contributed by atoms with E-state index in [0.717, 1.165) is 29.7 Å². The molecule has 1 saturated heterocycles. The number of anilines is 1. The molecule has 1 fully saturated rings. The summed E-state index contributed by atoms with van der Waals surface area (Å²) in [6.45, 7) is 3.52. The van der Waals surface area contributed by atoms with E-state index in [1.807, 2.05) is 0 Å². The molecular weight excluding hydrogens is 506 g/mol. The molecule has 0 bridgehead atoms. The first-order valence-corrected chi connectivity index (χ1v) is 14.1. The third-order valence-corrected chi connectivity index (χ3v) is 9.31. The minimum absolute atomic E-state index is 0.141. The van der Waals surface area contributed by atoms with Crippen LogP contribution in [0.3, 0.4) is 0 Å². The van der Waals surface area contributed by atoms with Gasteiger partial charge in [0, 0.05) is 30.1 Å². The smallest absolute Gasteiger partial charge is 0.409 e. The molecule has 0 spiro atoms. The molecule has 2 aliphatic rings. The number of amides is 2. The van der Waals surface area contributed by atoms with E-state index in [-0.39, 0.29) is 23.6 Å². The van der Waals surface area contributed by atoms with Crippen molar-refractivity contribution in [1.29, 1.82) is 0 Å². The highest BCUT2D eigenvalue weighted by atomic mass is 32.2. The van der Waals surface area contributed by atoms with E-state index in [0.29, 0.717) is 36.6 Å². The standard InChI is InChI=1S/C24H29N3O7S2/c1-3-34-23(29)20-18-11-14-26(24(30)33-2)15-19(18)35-22(20)25-21(28)16-7-9-17(10-8-16)36(31,32)27-12-5-4-6-13-27/h7-10H,3-6,11-15H2,1-2H3,(H,25,28). The van der Waals surface area contributed by atoms with Gasteiger partial charge >= 0.3 is 12.1 Å². The third-order valence-electron chi connectivity index (χ3n) is 6.27. The minimum atomic E-state index is -3.60. The number of esters is 1.